The summed E-state index contributed by atoms with van der Waals surface area (Å²) in [4.78, 5) is 14.5. The van der Waals surface area contributed by atoms with Gasteiger partial charge in [0.05, 0.1) is 34.4 Å². The van der Waals surface area contributed by atoms with E-state index in [9.17, 15) is 8.42 Å². The van der Waals surface area contributed by atoms with Crippen LogP contribution >= 0.6 is 0 Å². The van der Waals surface area contributed by atoms with E-state index in [0.29, 0.717) is 11.8 Å². The summed E-state index contributed by atoms with van der Waals surface area (Å²) in [7, 11) is -2.93. The molecule has 0 radical (unpaired) electrons. The van der Waals surface area contributed by atoms with Gasteiger partial charge in [-0.15, -0.1) is 0 Å². The molecule has 7 nitrogen and oxygen atoms in total. The number of nitrogens with one attached hydrogen (secondary N) is 1. The molecule has 0 spiro atoms. The summed E-state index contributed by atoms with van der Waals surface area (Å²) in [5.74, 6) is 1.39. The normalized spacial score (nSPS) is 24.1. The van der Waals surface area contributed by atoms with Crippen molar-refractivity contribution in [3.05, 3.63) is 24.7 Å². The molecule has 1 saturated heterocycles. The smallest absolute Gasteiger partial charge is 0.211 e. The minimum absolute atomic E-state index is 0.0746. The van der Waals surface area contributed by atoms with Crippen molar-refractivity contribution in [3.8, 4) is 0 Å². The number of rotatable bonds is 5. The molecule has 1 aliphatic heterocycles. The Balaban J connectivity index is 1.50. The first-order chi connectivity index (χ1) is 12.6. The van der Waals surface area contributed by atoms with Crippen molar-refractivity contribution in [3.63, 3.8) is 0 Å². The lowest BCUT2D eigenvalue weighted by Gasteiger charge is -2.24. The van der Waals surface area contributed by atoms with Crippen molar-refractivity contribution < 1.29 is 8.42 Å². The Hall–Kier alpha value is -2.09. The van der Waals surface area contributed by atoms with Gasteiger partial charge in [-0.25, -0.2) is 18.4 Å². The molecule has 138 valence electrons. The molecule has 2 fully saturated rings. The predicted molar refractivity (Wildman–Crippen MR) is 101 cm³/mol. The van der Waals surface area contributed by atoms with Gasteiger partial charge in [0, 0.05) is 18.8 Å². The Labute approximate surface area is 152 Å². The van der Waals surface area contributed by atoms with Gasteiger partial charge in [-0.1, -0.05) is 6.92 Å². The van der Waals surface area contributed by atoms with Crippen LogP contribution in [-0.4, -0.2) is 51.4 Å². The summed E-state index contributed by atoms with van der Waals surface area (Å²) < 4.78 is 27.0. The lowest BCUT2D eigenvalue weighted by molar-refractivity contribution is 0.555. The predicted octanol–water partition coefficient (Wildman–Crippen LogP) is 2.39. The molecule has 2 aliphatic rings. The Bertz CT molecular complexity index is 1070. The van der Waals surface area contributed by atoms with Crippen LogP contribution < -0.4 is 4.90 Å². The van der Waals surface area contributed by atoms with Gasteiger partial charge >= 0.3 is 0 Å². The van der Waals surface area contributed by atoms with Crippen LogP contribution in [0, 0.1) is 5.92 Å². The van der Waals surface area contributed by atoms with Gasteiger partial charge in [-0.2, -0.15) is 0 Å². The molecule has 1 aliphatic carbocycles. The number of hydrogen-bond donors (Lipinski definition) is 1. The molecule has 1 saturated carbocycles. The van der Waals surface area contributed by atoms with Crippen molar-refractivity contribution in [2.45, 2.75) is 43.9 Å². The maximum atomic E-state index is 12.4. The van der Waals surface area contributed by atoms with E-state index in [1.807, 2.05) is 24.7 Å². The van der Waals surface area contributed by atoms with E-state index in [4.69, 9.17) is 0 Å². The molecule has 2 atom stereocenters. The summed E-state index contributed by atoms with van der Waals surface area (Å²) in [5, 5.41) is -0.0746. The average molecular weight is 373 g/mol. The summed E-state index contributed by atoms with van der Waals surface area (Å²) in [6.45, 7) is 2.91. The van der Waals surface area contributed by atoms with Crippen LogP contribution in [0.5, 0.6) is 0 Å². The average Bonchev–Trinajstić information content (AvgIpc) is 3.06. The Morgan fingerprint density at radius 3 is 2.85 bits per heavy atom. The molecule has 3 aromatic heterocycles. The van der Waals surface area contributed by atoms with Gasteiger partial charge in [-0.05, 0) is 37.7 Å². The SMILES string of the molecule is CC[C@@H]1C[C@H](CS(=O)(=O)C2CC2)CN1c1ncc2cnc3[nH]ccc3n12. The molecule has 4 heterocycles. The number of anilines is 1. The molecule has 5 rings (SSSR count). The Morgan fingerprint density at radius 1 is 1.27 bits per heavy atom. The minimum atomic E-state index is -2.93. The van der Waals surface area contributed by atoms with Gasteiger partial charge in [0.1, 0.15) is 0 Å². The van der Waals surface area contributed by atoms with Crippen LogP contribution in [0.25, 0.3) is 16.7 Å². The number of H-pyrrole nitrogens is 1. The zero-order valence-electron chi connectivity index (χ0n) is 14.8. The van der Waals surface area contributed by atoms with Crippen LogP contribution in [0.15, 0.2) is 24.7 Å². The first-order valence-electron chi connectivity index (χ1n) is 9.34. The highest BCUT2D eigenvalue weighted by atomic mass is 32.2. The molecule has 26 heavy (non-hydrogen) atoms. The van der Waals surface area contributed by atoms with Crippen molar-refractivity contribution >= 4 is 32.5 Å². The third-order valence-corrected chi connectivity index (χ3v) is 8.19. The van der Waals surface area contributed by atoms with E-state index < -0.39 is 9.84 Å². The van der Waals surface area contributed by atoms with E-state index in [1.54, 1.807) is 0 Å². The molecule has 1 N–H and O–H groups in total. The van der Waals surface area contributed by atoms with Crippen molar-refractivity contribution in [2.24, 2.45) is 5.92 Å². The second-order valence-corrected chi connectivity index (χ2v) is 9.96. The molecular formula is C18H23N5O2S. The maximum Gasteiger partial charge on any atom is 0.211 e. The van der Waals surface area contributed by atoms with Crippen LogP contribution in [0.3, 0.4) is 0 Å². The van der Waals surface area contributed by atoms with Gasteiger partial charge in [0.15, 0.2) is 15.5 Å². The van der Waals surface area contributed by atoms with Crippen LogP contribution in [0.4, 0.5) is 5.95 Å². The van der Waals surface area contributed by atoms with Gasteiger partial charge in [-0.3, -0.25) is 4.40 Å². The molecule has 3 aromatic rings. The standard InChI is InChI=1S/C18H23N5O2S/c1-2-13-7-12(11-26(24,25)15-3-4-15)10-22(13)18-21-9-14-8-20-17-16(23(14)18)5-6-19-17/h5-6,8-9,12-13,15,19H,2-4,7,10-11H2,1H3/t12-,13+/m0/s1. The van der Waals surface area contributed by atoms with Crippen molar-refractivity contribution in [2.75, 3.05) is 17.2 Å². The molecule has 0 unspecified atom stereocenters. The summed E-state index contributed by atoms with van der Waals surface area (Å²) in [6, 6.07) is 2.33. The van der Waals surface area contributed by atoms with Gasteiger partial charge < -0.3 is 9.88 Å². The topological polar surface area (TPSA) is 83.4 Å². The highest BCUT2D eigenvalue weighted by molar-refractivity contribution is 7.92. The highest BCUT2D eigenvalue weighted by Gasteiger charge is 2.41. The highest BCUT2D eigenvalue weighted by Crippen LogP contribution is 2.35. The summed E-state index contributed by atoms with van der Waals surface area (Å²) in [6.07, 6.45) is 9.14. The number of imidazole rings is 1. The monoisotopic (exact) mass is 373 g/mol. The number of sulfone groups is 1. The second kappa shape index (κ2) is 5.70. The van der Waals surface area contributed by atoms with E-state index >= 15 is 0 Å². The number of aromatic nitrogens is 4. The van der Waals surface area contributed by atoms with Crippen molar-refractivity contribution in [1.29, 1.82) is 0 Å². The first kappa shape index (κ1) is 16.1. The molecule has 0 amide bonds. The Kier molecular flexibility index (Phi) is 3.53. The lowest BCUT2D eigenvalue weighted by Crippen LogP contribution is -2.31. The Morgan fingerprint density at radius 2 is 2.08 bits per heavy atom. The molecule has 0 aromatic carbocycles. The maximum absolute atomic E-state index is 12.4. The largest absolute Gasteiger partial charge is 0.345 e. The fraction of sp³-hybridized carbons (Fsp3) is 0.556. The third-order valence-electron chi connectivity index (χ3n) is 5.77. The quantitative estimate of drug-likeness (QED) is 0.742. The number of nitrogens with zero attached hydrogens (tertiary/aromatic N) is 4. The van der Waals surface area contributed by atoms with E-state index in [0.717, 1.165) is 54.9 Å². The molecule has 8 heteroatoms. The summed E-state index contributed by atoms with van der Waals surface area (Å²) >= 11 is 0. The fourth-order valence-electron chi connectivity index (χ4n) is 4.32. The fourth-order valence-corrected chi connectivity index (χ4v) is 6.35. The lowest BCUT2D eigenvalue weighted by atomic mass is 10.1. The van der Waals surface area contributed by atoms with Crippen LogP contribution in [-0.2, 0) is 9.84 Å². The number of hydrogen-bond acceptors (Lipinski definition) is 5. The van der Waals surface area contributed by atoms with E-state index in [1.165, 1.54) is 0 Å². The number of aromatic amines is 1. The van der Waals surface area contributed by atoms with Crippen molar-refractivity contribution in [1.82, 2.24) is 19.4 Å². The molecular weight excluding hydrogens is 350 g/mol. The third kappa shape index (κ3) is 2.50. The second-order valence-electron chi connectivity index (χ2n) is 7.63. The minimum Gasteiger partial charge on any atom is -0.345 e. The summed E-state index contributed by atoms with van der Waals surface area (Å²) in [5.41, 5.74) is 2.78. The van der Waals surface area contributed by atoms with Gasteiger partial charge in [0.2, 0.25) is 5.95 Å². The van der Waals surface area contributed by atoms with Crippen LogP contribution in [0.2, 0.25) is 0 Å². The van der Waals surface area contributed by atoms with E-state index in [-0.39, 0.29) is 11.2 Å². The number of fused-ring (bicyclic) bond motifs is 3. The molecule has 0 bridgehead atoms. The first-order valence-corrected chi connectivity index (χ1v) is 11.1. The van der Waals surface area contributed by atoms with Gasteiger partial charge in [0.25, 0.3) is 0 Å². The zero-order valence-corrected chi connectivity index (χ0v) is 15.6. The van der Waals surface area contributed by atoms with E-state index in [2.05, 4.69) is 31.2 Å². The zero-order chi connectivity index (χ0) is 17.9. The van der Waals surface area contributed by atoms with Crippen LogP contribution in [0.1, 0.15) is 32.6 Å².